The predicted octanol–water partition coefficient (Wildman–Crippen LogP) is 0.972. The van der Waals surface area contributed by atoms with Gasteiger partial charge in [-0.25, -0.2) is 0 Å². The molecule has 1 rings (SSSR count). The first-order valence-electron chi connectivity index (χ1n) is 6.44. The highest BCUT2D eigenvalue weighted by Gasteiger charge is 2.13. The minimum atomic E-state index is -0.749. The average Bonchev–Trinajstić information content (AvgIpc) is 2.48. The molecule has 124 valence electrons. The van der Waals surface area contributed by atoms with Crippen LogP contribution in [0.15, 0.2) is 18.2 Å². The lowest BCUT2D eigenvalue weighted by Gasteiger charge is -2.08. The maximum absolute atomic E-state index is 11.8. The summed E-state index contributed by atoms with van der Waals surface area (Å²) in [6.07, 6.45) is 0. The molecule has 0 aliphatic carbocycles. The smallest absolute Gasteiger partial charge is 0.325 e. The molecule has 0 heterocycles. The van der Waals surface area contributed by atoms with Crippen LogP contribution in [0, 0.1) is 0 Å². The average molecular weight is 361 g/mol. The zero-order valence-corrected chi connectivity index (χ0v) is 13.7. The fourth-order valence-corrected chi connectivity index (χ4v) is 1.89. The third-order valence-electron chi connectivity index (χ3n) is 2.45. The first-order valence-corrected chi connectivity index (χ1v) is 7.20. The van der Waals surface area contributed by atoms with Crippen molar-refractivity contribution in [2.75, 3.05) is 19.7 Å². The molecular formula is C14H14Cl2N2O5. The number of rotatable bonds is 7. The van der Waals surface area contributed by atoms with E-state index in [2.05, 4.69) is 15.4 Å². The maximum Gasteiger partial charge on any atom is 0.325 e. The second kappa shape index (κ2) is 9.12. The molecule has 0 fully saturated rings. The van der Waals surface area contributed by atoms with Gasteiger partial charge in [0.05, 0.1) is 17.1 Å². The highest BCUT2D eigenvalue weighted by molar-refractivity contribution is 6.36. The standard InChI is InChI=1S/C14H14Cl2N2O5/c1-8(19)7-23-13(21)6-17-12(20)5-18-14(22)10-3-2-9(15)4-11(10)16/h2-4H,5-7H2,1H3,(H,17,20)(H,18,22). The number of halogens is 2. The molecule has 9 heteroatoms. The van der Waals surface area contributed by atoms with Crippen LogP contribution in [-0.2, 0) is 19.1 Å². The Hall–Kier alpha value is -2.12. The topological polar surface area (TPSA) is 102 Å². The van der Waals surface area contributed by atoms with Crippen molar-refractivity contribution in [2.24, 2.45) is 0 Å². The Kier molecular flexibility index (Phi) is 7.50. The highest BCUT2D eigenvalue weighted by Crippen LogP contribution is 2.20. The van der Waals surface area contributed by atoms with Gasteiger partial charge in [0, 0.05) is 5.02 Å². The number of hydrogen-bond donors (Lipinski definition) is 2. The number of hydrogen-bond acceptors (Lipinski definition) is 5. The van der Waals surface area contributed by atoms with E-state index in [0.29, 0.717) is 5.02 Å². The lowest BCUT2D eigenvalue weighted by molar-refractivity contribution is -0.147. The Morgan fingerprint density at radius 1 is 1.09 bits per heavy atom. The summed E-state index contributed by atoms with van der Waals surface area (Å²) in [7, 11) is 0. The molecule has 1 aromatic rings. The lowest BCUT2D eigenvalue weighted by Crippen LogP contribution is -2.39. The number of esters is 1. The first kappa shape index (κ1) is 18.9. The van der Waals surface area contributed by atoms with Crippen molar-refractivity contribution in [3.8, 4) is 0 Å². The largest absolute Gasteiger partial charge is 0.456 e. The van der Waals surface area contributed by atoms with Gasteiger partial charge in [0.15, 0.2) is 5.78 Å². The number of carbonyl (C=O) groups excluding carboxylic acids is 4. The normalized spacial score (nSPS) is 9.87. The summed E-state index contributed by atoms with van der Waals surface area (Å²) in [4.78, 5) is 45.2. The van der Waals surface area contributed by atoms with Gasteiger partial charge in [-0.15, -0.1) is 0 Å². The summed E-state index contributed by atoms with van der Waals surface area (Å²) in [5.74, 6) is -2.21. The van der Waals surface area contributed by atoms with Crippen LogP contribution in [0.5, 0.6) is 0 Å². The predicted molar refractivity (Wildman–Crippen MR) is 83.4 cm³/mol. The molecule has 0 bridgehead atoms. The Balaban J connectivity index is 2.36. The van der Waals surface area contributed by atoms with Gasteiger partial charge in [-0.3, -0.25) is 19.2 Å². The Bertz CT molecular complexity index is 634. The van der Waals surface area contributed by atoms with Gasteiger partial charge in [0.25, 0.3) is 5.91 Å². The van der Waals surface area contributed by atoms with E-state index in [0.717, 1.165) is 0 Å². The summed E-state index contributed by atoms with van der Waals surface area (Å²) in [5.41, 5.74) is 0.171. The molecule has 2 N–H and O–H groups in total. The van der Waals surface area contributed by atoms with Gasteiger partial charge in [0.2, 0.25) is 5.91 Å². The zero-order chi connectivity index (χ0) is 17.4. The minimum absolute atomic E-state index is 0.156. The van der Waals surface area contributed by atoms with Crippen molar-refractivity contribution in [2.45, 2.75) is 6.92 Å². The number of Topliss-reactive ketones (excluding diaryl/α,β-unsaturated/α-hetero) is 1. The van der Waals surface area contributed by atoms with E-state index in [1.165, 1.54) is 25.1 Å². The van der Waals surface area contributed by atoms with E-state index in [1.54, 1.807) is 0 Å². The molecule has 0 aliphatic heterocycles. The number of benzene rings is 1. The summed E-state index contributed by atoms with van der Waals surface area (Å²) < 4.78 is 4.56. The monoisotopic (exact) mass is 360 g/mol. The van der Waals surface area contributed by atoms with Gasteiger partial charge < -0.3 is 15.4 Å². The Morgan fingerprint density at radius 2 is 1.78 bits per heavy atom. The van der Waals surface area contributed by atoms with E-state index < -0.39 is 24.3 Å². The van der Waals surface area contributed by atoms with Crippen LogP contribution in [0.3, 0.4) is 0 Å². The van der Waals surface area contributed by atoms with Gasteiger partial charge in [-0.2, -0.15) is 0 Å². The zero-order valence-electron chi connectivity index (χ0n) is 12.2. The molecular weight excluding hydrogens is 347 g/mol. The molecule has 0 unspecified atom stereocenters. The number of ether oxygens (including phenoxy) is 1. The second-order valence-corrected chi connectivity index (χ2v) is 5.29. The number of carbonyl (C=O) groups is 4. The van der Waals surface area contributed by atoms with Crippen LogP contribution in [-0.4, -0.2) is 43.3 Å². The van der Waals surface area contributed by atoms with Crippen molar-refractivity contribution in [3.63, 3.8) is 0 Å². The molecule has 0 saturated heterocycles. The van der Waals surface area contributed by atoms with E-state index in [4.69, 9.17) is 23.2 Å². The highest BCUT2D eigenvalue weighted by atomic mass is 35.5. The van der Waals surface area contributed by atoms with Gasteiger partial charge in [-0.1, -0.05) is 23.2 Å². The summed E-state index contributed by atoms with van der Waals surface area (Å²) in [6.45, 7) is 0.172. The summed E-state index contributed by atoms with van der Waals surface area (Å²) >= 11 is 11.6. The summed E-state index contributed by atoms with van der Waals surface area (Å²) in [6, 6.07) is 4.33. The summed E-state index contributed by atoms with van der Waals surface area (Å²) in [5, 5.41) is 5.13. The van der Waals surface area contributed by atoms with Crippen molar-refractivity contribution < 1.29 is 23.9 Å². The third-order valence-corrected chi connectivity index (χ3v) is 3.00. The maximum atomic E-state index is 11.8. The molecule has 1 aromatic carbocycles. The lowest BCUT2D eigenvalue weighted by atomic mass is 10.2. The van der Waals surface area contributed by atoms with E-state index in [1.807, 2.05) is 0 Å². The minimum Gasteiger partial charge on any atom is -0.456 e. The molecule has 23 heavy (non-hydrogen) atoms. The van der Waals surface area contributed by atoms with Crippen molar-refractivity contribution >= 4 is 46.8 Å². The van der Waals surface area contributed by atoms with E-state index >= 15 is 0 Å². The molecule has 0 aromatic heterocycles. The van der Waals surface area contributed by atoms with E-state index in [-0.39, 0.29) is 29.5 Å². The molecule has 0 spiro atoms. The van der Waals surface area contributed by atoms with Crippen LogP contribution >= 0.6 is 23.2 Å². The van der Waals surface area contributed by atoms with Crippen LogP contribution in [0.1, 0.15) is 17.3 Å². The fraction of sp³-hybridized carbons (Fsp3) is 0.286. The van der Waals surface area contributed by atoms with Gasteiger partial charge in [-0.05, 0) is 25.1 Å². The SMILES string of the molecule is CC(=O)COC(=O)CNC(=O)CNC(=O)c1ccc(Cl)cc1Cl. The molecule has 0 aliphatic rings. The molecule has 0 radical (unpaired) electrons. The fourth-order valence-electron chi connectivity index (χ4n) is 1.40. The first-order chi connectivity index (χ1) is 10.8. The molecule has 2 amide bonds. The van der Waals surface area contributed by atoms with Crippen LogP contribution in [0.2, 0.25) is 10.0 Å². The van der Waals surface area contributed by atoms with Crippen molar-refractivity contribution in [1.29, 1.82) is 0 Å². The quantitative estimate of drug-likeness (QED) is 0.705. The van der Waals surface area contributed by atoms with Crippen molar-refractivity contribution in [3.05, 3.63) is 33.8 Å². The number of ketones is 1. The van der Waals surface area contributed by atoms with Gasteiger partial charge in [0.1, 0.15) is 13.2 Å². The van der Waals surface area contributed by atoms with Crippen LogP contribution in [0.25, 0.3) is 0 Å². The Labute approximate surface area is 142 Å². The molecule has 7 nitrogen and oxygen atoms in total. The van der Waals surface area contributed by atoms with Crippen LogP contribution in [0.4, 0.5) is 0 Å². The second-order valence-electron chi connectivity index (χ2n) is 4.45. The third kappa shape index (κ3) is 7.12. The van der Waals surface area contributed by atoms with E-state index in [9.17, 15) is 19.2 Å². The Morgan fingerprint density at radius 3 is 2.39 bits per heavy atom. The van der Waals surface area contributed by atoms with Crippen molar-refractivity contribution in [1.82, 2.24) is 10.6 Å². The van der Waals surface area contributed by atoms with Crippen LogP contribution < -0.4 is 10.6 Å². The number of nitrogens with one attached hydrogen (secondary N) is 2. The molecule has 0 saturated carbocycles. The molecule has 0 atom stereocenters. The van der Waals surface area contributed by atoms with Gasteiger partial charge >= 0.3 is 5.97 Å². The number of amides is 2.